The summed E-state index contributed by atoms with van der Waals surface area (Å²) in [5.41, 5.74) is 3.08. The van der Waals surface area contributed by atoms with Crippen LogP contribution in [0, 0.1) is 6.92 Å². The highest BCUT2D eigenvalue weighted by molar-refractivity contribution is 5.68. The number of hydrogen-bond acceptors (Lipinski definition) is 5. The van der Waals surface area contributed by atoms with Gasteiger partial charge in [0, 0.05) is 23.5 Å². The Kier molecular flexibility index (Phi) is 4.63. The van der Waals surface area contributed by atoms with Gasteiger partial charge in [-0.25, -0.2) is 4.79 Å². The van der Waals surface area contributed by atoms with Crippen LogP contribution in [0.5, 0.6) is 5.75 Å². The Hall–Kier alpha value is -3.87. The van der Waals surface area contributed by atoms with E-state index in [1.807, 2.05) is 61.5 Å². The Balaban J connectivity index is 1.60. The molecule has 7 nitrogen and oxygen atoms in total. The summed E-state index contributed by atoms with van der Waals surface area (Å²) in [4.78, 5) is 19.1. The van der Waals surface area contributed by atoms with E-state index in [1.165, 1.54) is 0 Å². The molecule has 0 unspecified atom stereocenters. The fourth-order valence-corrected chi connectivity index (χ4v) is 2.89. The van der Waals surface area contributed by atoms with Gasteiger partial charge in [-0.2, -0.15) is 4.98 Å². The second-order valence-corrected chi connectivity index (χ2v) is 6.19. The summed E-state index contributed by atoms with van der Waals surface area (Å²) in [6.07, 6.45) is 5.29. The molecule has 0 saturated heterocycles. The lowest BCUT2D eigenvalue weighted by atomic mass is 10.2. The number of aryl methyl sites for hydroxylation is 1. The van der Waals surface area contributed by atoms with Crippen LogP contribution in [0.3, 0.4) is 0 Å². The standard InChI is InChI=1S/C21H18N4O3/c1-14-13-22-21(26)25(14)17-7-4-6-16(12-17)20-23-19(28-24-20)10-9-15-5-3-8-18(11-15)27-2/h3-13H,1-2H3,(H,22,26)/b10-9+. The van der Waals surface area contributed by atoms with Crippen molar-refractivity contribution in [3.63, 3.8) is 0 Å². The minimum atomic E-state index is -0.190. The third-order valence-corrected chi connectivity index (χ3v) is 4.28. The maximum Gasteiger partial charge on any atom is 0.330 e. The van der Waals surface area contributed by atoms with Gasteiger partial charge in [-0.15, -0.1) is 0 Å². The monoisotopic (exact) mass is 374 g/mol. The molecule has 0 aliphatic heterocycles. The van der Waals surface area contributed by atoms with E-state index in [0.717, 1.165) is 28.3 Å². The van der Waals surface area contributed by atoms with E-state index in [1.54, 1.807) is 23.9 Å². The second kappa shape index (κ2) is 7.40. The van der Waals surface area contributed by atoms with Gasteiger partial charge in [0.2, 0.25) is 5.82 Å². The van der Waals surface area contributed by atoms with Crippen LogP contribution in [0.4, 0.5) is 0 Å². The lowest BCUT2D eigenvalue weighted by Gasteiger charge is -2.04. The van der Waals surface area contributed by atoms with Crippen LogP contribution >= 0.6 is 0 Å². The molecule has 0 saturated carbocycles. The molecule has 4 aromatic rings. The van der Waals surface area contributed by atoms with Crippen molar-refractivity contribution < 1.29 is 9.26 Å². The van der Waals surface area contributed by atoms with E-state index in [4.69, 9.17) is 9.26 Å². The van der Waals surface area contributed by atoms with E-state index >= 15 is 0 Å². The normalized spacial score (nSPS) is 11.2. The van der Waals surface area contributed by atoms with Crippen LogP contribution in [0.1, 0.15) is 17.1 Å². The number of benzene rings is 2. The number of imidazole rings is 1. The van der Waals surface area contributed by atoms with Crippen molar-refractivity contribution in [3.8, 4) is 22.8 Å². The molecular formula is C21H18N4O3. The first-order valence-electron chi connectivity index (χ1n) is 8.68. The van der Waals surface area contributed by atoms with Gasteiger partial charge in [0.1, 0.15) is 5.75 Å². The molecule has 140 valence electrons. The third kappa shape index (κ3) is 3.50. The van der Waals surface area contributed by atoms with Gasteiger partial charge < -0.3 is 14.2 Å². The van der Waals surface area contributed by atoms with Gasteiger partial charge in [-0.05, 0) is 42.8 Å². The summed E-state index contributed by atoms with van der Waals surface area (Å²) in [7, 11) is 1.63. The Morgan fingerprint density at radius 1 is 1.14 bits per heavy atom. The first-order chi connectivity index (χ1) is 13.6. The molecule has 0 fully saturated rings. The van der Waals surface area contributed by atoms with E-state index in [9.17, 15) is 4.79 Å². The van der Waals surface area contributed by atoms with E-state index in [-0.39, 0.29) is 5.69 Å². The lowest BCUT2D eigenvalue weighted by molar-refractivity contribution is 0.411. The third-order valence-electron chi connectivity index (χ3n) is 4.28. The Bertz CT molecular complexity index is 1200. The maximum atomic E-state index is 12.0. The van der Waals surface area contributed by atoms with Gasteiger partial charge >= 0.3 is 5.69 Å². The molecule has 0 spiro atoms. The van der Waals surface area contributed by atoms with E-state index in [0.29, 0.717) is 11.7 Å². The topological polar surface area (TPSA) is 85.9 Å². The van der Waals surface area contributed by atoms with Gasteiger partial charge in [0.25, 0.3) is 5.89 Å². The highest BCUT2D eigenvalue weighted by Crippen LogP contribution is 2.21. The van der Waals surface area contributed by atoms with Crippen molar-refractivity contribution in [2.45, 2.75) is 6.92 Å². The van der Waals surface area contributed by atoms with E-state index in [2.05, 4.69) is 15.1 Å². The predicted octanol–water partition coefficient (Wildman–Crippen LogP) is 3.70. The number of aromatic amines is 1. The fourth-order valence-electron chi connectivity index (χ4n) is 2.89. The van der Waals surface area contributed by atoms with Gasteiger partial charge in [0.05, 0.1) is 12.8 Å². The molecule has 0 aliphatic carbocycles. The Morgan fingerprint density at radius 2 is 2.00 bits per heavy atom. The highest BCUT2D eigenvalue weighted by Gasteiger charge is 2.10. The summed E-state index contributed by atoms with van der Waals surface area (Å²) in [5, 5.41) is 4.04. The quantitative estimate of drug-likeness (QED) is 0.576. The average Bonchev–Trinajstić information content (AvgIpc) is 3.33. The maximum absolute atomic E-state index is 12.0. The minimum Gasteiger partial charge on any atom is -0.497 e. The molecule has 2 heterocycles. The summed E-state index contributed by atoms with van der Waals surface area (Å²) in [5.74, 6) is 1.62. The van der Waals surface area contributed by atoms with Crippen LogP contribution in [0.25, 0.3) is 29.2 Å². The number of nitrogens with one attached hydrogen (secondary N) is 1. The van der Waals surface area contributed by atoms with Crippen molar-refractivity contribution >= 4 is 12.2 Å². The number of hydrogen-bond donors (Lipinski definition) is 1. The van der Waals surface area contributed by atoms with Crippen molar-refractivity contribution in [1.82, 2.24) is 19.7 Å². The summed E-state index contributed by atoms with van der Waals surface area (Å²) in [6, 6.07) is 15.1. The van der Waals surface area contributed by atoms with E-state index < -0.39 is 0 Å². The average molecular weight is 374 g/mol. The van der Waals surface area contributed by atoms with Crippen LogP contribution in [-0.2, 0) is 0 Å². The Labute approximate surface area is 160 Å². The molecule has 7 heteroatoms. The number of nitrogens with zero attached hydrogens (tertiary/aromatic N) is 3. The minimum absolute atomic E-state index is 0.190. The molecule has 2 aromatic heterocycles. The van der Waals surface area contributed by atoms with Crippen LogP contribution < -0.4 is 10.4 Å². The van der Waals surface area contributed by atoms with Crippen molar-refractivity contribution in [2.75, 3.05) is 7.11 Å². The Morgan fingerprint density at radius 3 is 2.79 bits per heavy atom. The smallest absolute Gasteiger partial charge is 0.330 e. The fraction of sp³-hybridized carbons (Fsp3) is 0.0952. The van der Waals surface area contributed by atoms with Crippen molar-refractivity contribution in [3.05, 3.63) is 82.4 Å². The summed E-state index contributed by atoms with van der Waals surface area (Å²) in [6.45, 7) is 1.86. The molecule has 1 N–H and O–H groups in total. The SMILES string of the molecule is COc1cccc(/C=C/c2nc(-c3cccc(-n4c(C)c[nH]c4=O)c3)no2)c1. The molecule has 4 rings (SSSR count). The second-order valence-electron chi connectivity index (χ2n) is 6.19. The molecule has 0 aliphatic rings. The molecular weight excluding hydrogens is 356 g/mol. The van der Waals surface area contributed by atoms with Crippen LogP contribution in [-0.4, -0.2) is 26.8 Å². The number of rotatable bonds is 5. The van der Waals surface area contributed by atoms with Gasteiger partial charge in [-0.3, -0.25) is 4.57 Å². The summed E-state index contributed by atoms with van der Waals surface area (Å²) >= 11 is 0. The first kappa shape index (κ1) is 17.5. The molecule has 0 atom stereocenters. The number of ether oxygens (including phenoxy) is 1. The van der Waals surface area contributed by atoms with Crippen molar-refractivity contribution in [2.24, 2.45) is 0 Å². The van der Waals surface area contributed by atoms with Gasteiger partial charge in [-0.1, -0.05) is 29.4 Å². The predicted molar refractivity (Wildman–Crippen MR) is 106 cm³/mol. The zero-order valence-corrected chi connectivity index (χ0v) is 15.4. The molecule has 28 heavy (non-hydrogen) atoms. The number of methoxy groups -OCH3 is 1. The van der Waals surface area contributed by atoms with Crippen LogP contribution in [0.2, 0.25) is 0 Å². The lowest BCUT2D eigenvalue weighted by Crippen LogP contribution is -2.15. The van der Waals surface area contributed by atoms with Crippen LogP contribution in [0.15, 0.2) is 64.0 Å². The van der Waals surface area contributed by atoms with Crippen molar-refractivity contribution in [1.29, 1.82) is 0 Å². The zero-order valence-electron chi connectivity index (χ0n) is 15.4. The molecule has 0 radical (unpaired) electrons. The number of H-pyrrole nitrogens is 1. The molecule has 2 aromatic carbocycles. The highest BCUT2D eigenvalue weighted by atomic mass is 16.5. The zero-order chi connectivity index (χ0) is 19.5. The molecule has 0 amide bonds. The first-order valence-corrected chi connectivity index (χ1v) is 8.68. The summed E-state index contributed by atoms with van der Waals surface area (Å²) < 4.78 is 12.1. The van der Waals surface area contributed by atoms with Gasteiger partial charge in [0.15, 0.2) is 0 Å². The molecule has 0 bridgehead atoms. The largest absolute Gasteiger partial charge is 0.497 e. The number of aromatic nitrogens is 4.